The second kappa shape index (κ2) is 42.3. The van der Waals surface area contributed by atoms with Crippen molar-refractivity contribution in [2.45, 2.75) is 422 Å². The Morgan fingerprint density at radius 1 is 0.471 bits per heavy atom. The molecule has 104 heavy (non-hydrogen) atoms. The summed E-state index contributed by atoms with van der Waals surface area (Å²) >= 11 is 2.13. The highest BCUT2D eigenvalue weighted by Gasteiger charge is 2.57. The van der Waals surface area contributed by atoms with Crippen LogP contribution in [0.5, 0.6) is 0 Å². The van der Waals surface area contributed by atoms with E-state index in [1.807, 2.05) is 16.4 Å². The largest absolute Gasteiger partial charge is 0.433 e. The molecule has 600 valence electrons. The first-order valence-corrected chi connectivity index (χ1v) is 54.5. The third-order valence-electron chi connectivity index (χ3n) is 25.7. The van der Waals surface area contributed by atoms with Crippen molar-refractivity contribution in [3.8, 4) is 0 Å². The van der Waals surface area contributed by atoms with Crippen molar-refractivity contribution in [2.24, 2.45) is 5.41 Å². The molecule has 0 unspecified atom stereocenters. The van der Waals surface area contributed by atoms with E-state index >= 15 is 0 Å². The molecular weight excluding hydrogens is 1320 g/mol. The minimum atomic E-state index is -1.37. The van der Waals surface area contributed by atoms with E-state index in [1.165, 1.54) is 38.3 Å². The van der Waals surface area contributed by atoms with Crippen LogP contribution in [0.1, 0.15) is 254 Å². The zero-order chi connectivity index (χ0) is 82.2. The number of hydrogen-bond donors (Lipinski definition) is 0. The van der Waals surface area contributed by atoms with Crippen LogP contribution in [0.2, 0.25) is 101 Å². The highest BCUT2D eigenvalue weighted by Crippen LogP contribution is 2.54. The molecule has 0 saturated carbocycles. The number of unbranched alkanes of at least 4 members (excludes halogenated alkanes) is 2. The molecule has 6 heterocycles. The van der Waals surface area contributed by atoms with E-state index in [4.69, 9.17) is 0 Å². The van der Waals surface area contributed by atoms with Crippen molar-refractivity contribution in [1.82, 2.24) is 47.9 Å². The van der Waals surface area contributed by atoms with Crippen LogP contribution in [0.25, 0.3) is 0 Å². The van der Waals surface area contributed by atoms with Gasteiger partial charge in [0.2, 0.25) is 0 Å². The molecule has 0 N–H and O–H groups in total. The van der Waals surface area contributed by atoms with Gasteiger partial charge in [0.25, 0.3) is 0 Å². The Morgan fingerprint density at radius 2 is 0.760 bits per heavy atom. The molecule has 0 aromatic rings. The molecule has 0 aromatic heterocycles. The Kier molecular flexibility index (Phi) is 42.1. The van der Waals surface area contributed by atoms with Gasteiger partial charge in [-0.15, -0.1) is 46.1 Å². The number of hydrogen-bond acceptors (Lipinski definition) is 11. The minimum Gasteiger partial charge on any atom is -0.433 e. The summed E-state index contributed by atoms with van der Waals surface area (Å²) in [4.78, 5) is 20.6. The second-order valence-corrected chi connectivity index (χ2v) is 59.5. The fraction of sp³-hybridized carbons (Fsp3) is 0.923. The molecule has 0 bridgehead atoms. The minimum absolute atomic E-state index is 0.297. The van der Waals surface area contributed by atoms with Gasteiger partial charge < -0.3 is 82.0 Å². The van der Waals surface area contributed by atoms with E-state index in [0.29, 0.717) is 130 Å². The predicted octanol–water partition coefficient (Wildman–Crippen LogP) is 19.2. The van der Waals surface area contributed by atoms with E-state index < -0.39 is 24.2 Å². The zero-order valence-electron chi connectivity index (χ0n) is 80.1. The number of nitrogens with zero attached hydrogens (tertiary/aromatic N) is 10. The van der Waals surface area contributed by atoms with Gasteiger partial charge in [0.05, 0.1) is 0 Å². The average Bonchev–Trinajstić information content (AvgIpc) is 0.701. The molecule has 0 spiro atoms. The van der Waals surface area contributed by atoms with Gasteiger partial charge in [-0.3, -0.25) is 11.5 Å². The lowest BCUT2D eigenvalue weighted by Crippen LogP contribution is -2.82. The van der Waals surface area contributed by atoms with Crippen molar-refractivity contribution in [3.05, 3.63) is 34.0 Å². The third kappa shape index (κ3) is 26.2. The first kappa shape index (κ1) is 103. The van der Waals surface area contributed by atoms with Crippen LogP contribution < -0.4 is 0 Å². The smallest absolute Gasteiger partial charge is 0.115 e. The summed E-state index contributed by atoms with van der Waals surface area (Å²) in [5.74, 6) is 0. The average molecular weight is 1500 g/mol. The normalized spacial score (nSPS) is 19.4. The summed E-state index contributed by atoms with van der Waals surface area (Å²) in [7, 11) is 11.2. The molecular formula is C78H178B12N10SSi3-6. The fourth-order valence-corrected chi connectivity index (χ4v) is 29.8. The molecule has 6 aliphatic rings. The van der Waals surface area contributed by atoms with Gasteiger partial charge in [0, 0.05) is 49.2 Å². The summed E-state index contributed by atoms with van der Waals surface area (Å²) in [6, 6.07) is 6.14. The second-order valence-electron chi connectivity index (χ2n) is 42.8. The number of rotatable bonds is 27. The maximum absolute atomic E-state index is 2.85. The molecule has 0 aromatic carbocycles. The van der Waals surface area contributed by atoms with Gasteiger partial charge in [0.1, 0.15) is 26.2 Å². The third-order valence-corrected chi connectivity index (χ3v) is 34.7. The first-order chi connectivity index (χ1) is 46.9. The van der Waals surface area contributed by atoms with E-state index in [0.717, 1.165) is 38.2 Å². The summed E-state index contributed by atoms with van der Waals surface area (Å²) in [5, 5.41) is 5.19. The van der Waals surface area contributed by atoms with Gasteiger partial charge in [-0.2, -0.15) is 19.3 Å². The molecule has 6 saturated heterocycles. The summed E-state index contributed by atoms with van der Waals surface area (Å²) in [5.41, 5.74) is 6.55. The Hall–Kier alpha value is 1.38. The van der Waals surface area contributed by atoms with E-state index in [-0.39, 0.29) is 0 Å². The van der Waals surface area contributed by atoms with Crippen LogP contribution in [0, 0.1) is 39.5 Å². The summed E-state index contributed by atoms with van der Waals surface area (Å²) in [6.45, 7) is 112. The maximum Gasteiger partial charge on any atom is 0.115 e. The van der Waals surface area contributed by atoms with Gasteiger partial charge in [-0.25, -0.2) is 0 Å². The van der Waals surface area contributed by atoms with Crippen LogP contribution in [-0.4, -0.2) is 268 Å². The van der Waals surface area contributed by atoms with Crippen LogP contribution in [0.4, 0.5) is 0 Å². The summed E-state index contributed by atoms with van der Waals surface area (Å²) in [6.07, 6.45) is 11.6. The van der Waals surface area contributed by atoms with Crippen LogP contribution in [0.15, 0.2) is 0 Å². The van der Waals surface area contributed by atoms with E-state index in [2.05, 4.69) is 416 Å². The predicted molar refractivity (Wildman–Crippen MR) is 507 cm³/mol. The van der Waals surface area contributed by atoms with Gasteiger partial charge in [0.15, 0.2) is 0 Å². The molecule has 0 atom stereocenters. The molecule has 0 amide bonds. The highest BCUT2D eigenvalue weighted by molar-refractivity contribution is 8.50. The Morgan fingerprint density at radius 3 is 0.942 bits per heavy atom. The molecule has 0 aliphatic carbocycles. The molecule has 6 rings (SSSR count). The topological polar surface area (TPSA) is 32.4 Å². The molecule has 26 heteroatoms. The van der Waals surface area contributed by atoms with E-state index in [1.54, 1.807) is 11.4 Å². The Bertz CT molecular complexity index is 2220. The quantitative estimate of drug-likeness (QED) is 0.0583. The van der Waals surface area contributed by atoms with Gasteiger partial charge >= 0.3 is 0 Å². The first-order valence-electron chi connectivity index (χ1n) is 43.0. The van der Waals surface area contributed by atoms with Crippen LogP contribution >= 0.6 is 11.5 Å². The van der Waals surface area contributed by atoms with Crippen molar-refractivity contribution in [3.63, 3.8) is 0 Å². The Labute approximate surface area is 670 Å². The van der Waals surface area contributed by atoms with Crippen molar-refractivity contribution >= 4 is 116 Å². The lowest BCUT2D eigenvalue weighted by atomic mass is 8.94. The van der Waals surface area contributed by atoms with Crippen molar-refractivity contribution in [2.75, 3.05) is 49.3 Å². The molecule has 0 radical (unpaired) electrons. The highest BCUT2D eigenvalue weighted by atomic mass is 32.2. The van der Waals surface area contributed by atoms with E-state index in [9.17, 15) is 0 Å². The molecule has 10 nitrogen and oxygen atoms in total. The lowest BCUT2D eigenvalue weighted by molar-refractivity contribution is 0.285. The van der Waals surface area contributed by atoms with Gasteiger partial charge in [-0.05, 0) is 149 Å². The lowest BCUT2D eigenvalue weighted by Gasteiger charge is -2.76. The molecule has 6 aliphatic heterocycles. The zero-order valence-corrected chi connectivity index (χ0v) is 83.9. The van der Waals surface area contributed by atoms with Gasteiger partial charge in [-0.1, -0.05) is 291 Å². The van der Waals surface area contributed by atoms with Crippen molar-refractivity contribution < 1.29 is 0 Å². The fourth-order valence-electron chi connectivity index (χ4n) is 19.8. The summed E-state index contributed by atoms with van der Waals surface area (Å²) < 4.78 is 5.15. The van der Waals surface area contributed by atoms with Crippen LogP contribution in [0.3, 0.4) is 0 Å². The van der Waals surface area contributed by atoms with Crippen molar-refractivity contribution in [1.29, 1.82) is 0 Å². The Balaban J connectivity index is 0.000000640. The standard InChI is InChI=1S/C20H47B2N2Si2.C17H36B2N.C14H31B2N2S.C14H33B2N2Si.C7H15B2.C6H16B2N3/c1-15(2)23(16(3)4)21-19(25(9,10)11)22(20(21)26(12,13)14)24(17(5)6)18(7)8;1-9-11-13-18-15(16(3,4)5)19(14-12-10-2)20(18)17(6,7)8;1-10(2)17(11(3)4)15-14(9)16(19-15)18(12(5)6)13(7)8;1-11(2)17(6)15-13(5)16(18(7)12(3)4)14(15)19(8,9)10;1-6-8(4)7(2,3)9(6)5;1-9(2)7-6-8(10(3)4)11(7)5/h15-19H,1-14H3;9-14H2,1-8H3;10-13H,1-9H3;11-13H,1-10H3;1-5H3;6H,1-5H3/q6*-1. The molecule has 6 fully saturated rings. The van der Waals surface area contributed by atoms with Crippen LogP contribution in [-0.2, 0) is 0 Å². The maximum atomic E-state index is 2.85. The SMILES string of the molecule is CB1[C-](C)B(C)C1(C)C.CC(C)N(B1[C-]([Si](C)(C)C)B(N(C(C)C)C(C)C)C1[Si](C)(C)C)C(C)C.CC1B(N(C)C(C)C)[C-]([Si](C)(C)C)B1N(C)C(C)C.CCCCB1[C-](C(C)(C)C)B(CCCC)N1C(C)(C)C.CN(C)B1[CH-]B(N(C)C)N1C.C[C-]1B(N(C(C)C)C(C)C)SB1N(C(C)C)C(C)C. The monoisotopic (exact) mass is 1500 g/mol.